The molecule has 0 N–H and O–H groups in total. The van der Waals surface area contributed by atoms with Gasteiger partial charge in [0.25, 0.3) is 0 Å². The molecule has 0 aromatic heterocycles. The van der Waals surface area contributed by atoms with E-state index in [2.05, 4.69) is 6.92 Å². The lowest BCUT2D eigenvalue weighted by Crippen LogP contribution is -2.61. The topological polar surface area (TPSA) is 49.9 Å². The number of piperazine rings is 1. The van der Waals surface area contributed by atoms with Gasteiger partial charge in [0, 0.05) is 12.6 Å². The first-order chi connectivity index (χ1) is 9.31. The highest BCUT2D eigenvalue weighted by Gasteiger charge is 2.40. The summed E-state index contributed by atoms with van der Waals surface area (Å²) in [4.78, 5) is 28.0. The van der Waals surface area contributed by atoms with Gasteiger partial charge < -0.3 is 9.64 Å². The van der Waals surface area contributed by atoms with Crippen LogP contribution in [0.25, 0.3) is 0 Å². The van der Waals surface area contributed by atoms with Crippen molar-refractivity contribution < 1.29 is 14.3 Å². The SMILES string of the molecule is CC[C@H]1CN(C2CCC2)C(=O)CN1C(=O)OC(C)(C)C. The van der Waals surface area contributed by atoms with E-state index in [0.717, 1.165) is 19.3 Å². The van der Waals surface area contributed by atoms with Crippen LogP contribution in [0.1, 0.15) is 53.4 Å². The predicted octanol–water partition coefficient (Wildman–Crippen LogP) is 2.40. The maximum absolute atomic E-state index is 12.2. The van der Waals surface area contributed by atoms with Gasteiger partial charge in [-0.05, 0) is 46.5 Å². The van der Waals surface area contributed by atoms with Gasteiger partial charge in [0.2, 0.25) is 5.91 Å². The van der Waals surface area contributed by atoms with E-state index in [0.29, 0.717) is 12.6 Å². The average molecular weight is 282 g/mol. The summed E-state index contributed by atoms with van der Waals surface area (Å²) in [6.45, 7) is 8.40. The first-order valence-electron chi connectivity index (χ1n) is 7.61. The lowest BCUT2D eigenvalue weighted by atomic mass is 9.90. The Labute approximate surface area is 121 Å². The van der Waals surface area contributed by atoms with Gasteiger partial charge in [-0.3, -0.25) is 9.69 Å². The van der Waals surface area contributed by atoms with E-state index in [-0.39, 0.29) is 24.6 Å². The van der Waals surface area contributed by atoms with Gasteiger partial charge in [-0.2, -0.15) is 0 Å². The lowest BCUT2D eigenvalue weighted by molar-refractivity contribution is -0.143. The smallest absolute Gasteiger partial charge is 0.411 e. The zero-order chi connectivity index (χ0) is 14.9. The molecule has 0 aromatic carbocycles. The largest absolute Gasteiger partial charge is 0.444 e. The zero-order valence-electron chi connectivity index (χ0n) is 13.0. The molecule has 5 heteroatoms. The normalized spacial score (nSPS) is 24.6. The van der Waals surface area contributed by atoms with Gasteiger partial charge in [0.1, 0.15) is 12.1 Å². The fraction of sp³-hybridized carbons (Fsp3) is 0.867. The van der Waals surface area contributed by atoms with Crippen molar-refractivity contribution in [2.45, 2.75) is 71.1 Å². The number of carbonyl (C=O) groups is 2. The van der Waals surface area contributed by atoms with Crippen LogP contribution in [0.2, 0.25) is 0 Å². The molecule has 114 valence electrons. The molecule has 1 saturated heterocycles. The monoisotopic (exact) mass is 282 g/mol. The third-order valence-electron chi connectivity index (χ3n) is 4.09. The molecule has 1 atom stereocenters. The van der Waals surface area contributed by atoms with E-state index in [9.17, 15) is 9.59 Å². The van der Waals surface area contributed by atoms with Crippen LogP contribution in [0.15, 0.2) is 0 Å². The van der Waals surface area contributed by atoms with Crippen LogP contribution < -0.4 is 0 Å². The van der Waals surface area contributed by atoms with Gasteiger partial charge in [0.05, 0.1) is 6.04 Å². The summed E-state index contributed by atoms with van der Waals surface area (Å²) in [5.41, 5.74) is -0.524. The van der Waals surface area contributed by atoms with Crippen LogP contribution >= 0.6 is 0 Å². The molecule has 1 aliphatic heterocycles. The molecule has 0 radical (unpaired) electrons. The molecule has 2 fully saturated rings. The number of nitrogens with zero attached hydrogens (tertiary/aromatic N) is 2. The summed E-state index contributed by atoms with van der Waals surface area (Å²) in [5.74, 6) is 0.0604. The van der Waals surface area contributed by atoms with Crippen LogP contribution in [-0.4, -0.2) is 52.6 Å². The Morgan fingerprint density at radius 3 is 2.45 bits per heavy atom. The highest BCUT2D eigenvalue weighted by molar-refractivity contribution is 5.84. The average Bonchev–Trinajstić information content (AvgIpc) is 2.26. The minimum Gasteiger partial charge on any atom is -0.444 e. The maximum Gasteiger partial charge on any atom is 0.411 e. The van der Waals surface area contributed by atoms with E-state index in [1.165, 1.54) is 6.42 Å². The third kappa shape index (κ3) is 3.25. The van der Waals surface area contributed by atoms with E-state index < -0.39 is 5.60 Å². The number of carbonyl (C=O) groups excluding carboxylic acids is 2. The Hall–Kier alpha value is -1.26. The summed E-state index contributed by atoms with van der Waals surface area (Å²) >= 11 is 0. The molecule has 1 saturated carbocycles. The summed E-state index contributed by atoms with van der Waals surface area (Å²) in [6, 6.07) is 0.473. The number of ether oxygens (including phenoxy) is 1. The van der Waals surface area contributed by atoms with E-state index in [1.807, 2.05) is 25.7 Å². The Bertz CT molecular complexity index is 385. The van der Waals surface area contributed by atoms with Crippen LogP contribution in [0.4, 0.5) is 4.79 Å². The molecule has 5 nitrogen and oxygen atoms in total. The van der Waals surface area contributed by atoms with Gasteiger partial charge in [-0.15, -0.1) is 0 Å². The second kappa shape index (κ2) is 5.62. The quantitative estimate of drug-likeness (QED) is 0.781. The molecular weight excluding hydrogens is 256 g/mol. The van der Waals surface area contributed by atoms with Crippen LogP contribution in [0.5, 0.6) is 0 Å². The van der Waals surface area contributed by atoms with Gasteiger partial charge in [-0.25, -0.2) is 4.79 Å². The molecule has 1 heterocycles. The Morgan fingerprint density at radius 2 is 2.00 bits per heavy atom. The highest BCUT2D eigenvalue weighted by Crippen LogP contribution is 2.28. The molecule has 0 spiro atoms. The first kappa shape index (κ1) is 15.1. The fourth-order valence-electron chi connectivity index (χ4n) is 2.73. The number of rotatable bonds is 2. The van der Waals surface area contributed by atoms with Gasteiger partial charge in [0.15, 0.2) is 0 Å². The molecule has 0 unspecified atom stereocenters. The molecular formula is C15H26N2O3. The minimum atomic E-state index is -0.524. The maximum atomic E-state index is 12.2. The van der Waals surface area contributed by atoms with Crippen molar-refractivity contribution in [1.82, 2.24) is 9.80 Å². The van der Waals surface area contributed by atoms with E-state index in [1.54, 1.807) is 4.90 Å². The fourth-order valence-corrected chi connectivity index (χ4v) is 2.73. The van der Waals surface area contributed by atoms with Crippen molar-refractivity contribution in [2.24, 2.45) is 0 Å². The second-order valence-electron chi connectivity index (χ2n) is 6.80. The second-order valence-corrected chi connectivity index (χ2v) is 6.80. The summed E-state index contributed by atoms with van der Waals surface area (Å²) in [6.07, 6.45) is 3.89. The first-order valence-corrected chi connectivity index (χ1v) is 7.61. The van der Waals surface area contributed by atoms with Crippen molar-refractivity contribution >= 4 is 12.0 Å². The number of hydrogen-bond donors (Lipinski definition) is 0. The molecule has 0 aromatic rings. The van der Waals surface area contributed by atoms with Crippen molar-refractivity contribution in [3.05, 3.63) is 0 Å². The summed E-state index contributed by atoms with van der Waals surface area (Å²) < 4.78 is 5.41. The zero-order valence-corrected chi connectivity index (χ0v) is 13.0. The molecule has 0 bridgehead atoms. The van der Waals surface area contributed by atoms with Crippen LogP contribution in [0.3, 0.4) is 0 Å². The minimum absolute atomic E-state index is 0.0604. The Morgan fingerprint density at radius 1 is 1.35 bits per heavy atom. The van der Waals surface area contributed by atoms with Crippen LogP contribution in [-0.2, 0) is 9.53 Å². The van der Waals surface area contributed by atoms with Gasteiger partial charge >= 0.3 is 6.09 Å². The van der Waals surface area contributed by atoms with Crippen molar-refractivity contribution in [1.29, 1.82) is 0 Å². The Kier molecular flexibility index (Phi) is 4.25. The van der Waals surface area contributed by atoms with Gasteiger partial charge in [-0.1, -0.05) is 6.92 Å². The standard InChI is InChI=1S/C15H26N2O3/c1-5-11-9-16(12-7-6-8-12)13(18)10-17(11)14(19)20-15(2,3)4/h11-12H,5-10H2,1-4H3/t11-/m0/s1. The van der Waals surface area contributed by atoms with E-state index >= 15 is 0 Å². The lowest BCUT2D eigenvalue weighted by Gasteiger charge is -2.46. The van der Waals surface area contributed by atoms with E-state index in [4.69, 9.17) is 4.74 Å². The molecule has 2 rings (SSSR count). The number of hydrogen-bond acceptors (Lipinski definition) is 3. The third-order valence-corrected chi connectivity index (χ3v) is 4.09. The van der Waals surface area contributed by atoms with Crippen molar-refractivity contribution in [3.63, 3.8) is 0 Å². The highest BCUT2D eigenvalue weighted by atomic mass is 16.6. The van der Waals surface area contributed by atoms with Crippen LogP contribution in [0, 0.1) is 0 Å². The molecule has 20 heavy (non-hydrogen) atoms. The predicted molar refractivity (Wildman–Crippen MR) is 76.4 cm³/mol. The Balaban J connectivity index is 2.03. The molecule has 2 aliphatic rings. The summed E-state index contributed by atoms with van der Waals surface area (Å²) in [7, 11) is 0. The molecule has 2 amide bonds. The van der Waals surface area contributed by atoms with Crippen molar-refractivity contribution in [2.75, 3.05) is 13.1 Å². The summed E-state index contributed by atoms with van der Waals surface area (Å²) in [5, 5.41) is 0. The number of amides is 2. The molecule has 1 aliphatic carbocycles. The van der Waals surface area contributed by atoms with Crippen molar-refractivity contribution in [3.8, 4) is 0 Å².